The zero-order valence-corrected chi connectivity index (χ0v) is 12.5. The Morgan fingerprint density at radius 1 is 1.32 bits per heavy atom. The minimum atomic E-state index is -0.380. The molecule has 1 N–H and O–H groups in total. The molecule has 0 bridgehead atoms. The van der Waals surface area contributed by atoms with Gasteiger partial charge in [-0.05, 0) is 30.9 Å². The van der Waals surface area contributed by atoms with Gasteiger partial charge in [-0.2, -0.15) is 0 Å². The molecule has 22 heavy (non-hydrogen) atoms. The van der Waals surface area contributed by atoms with Gasteiger partial charge in [0.1, 0.15) is 11.2 Å². The third kappa shape index (κ3) is 2.46. The highest BCUT2D eigenvalue weighted by molar-refractivity contribution is 5.94. The topological polar surface area (TPSA) is 71.6 Å². The fourth-order valence-electron chi connectivity index (χ4n) is 3.31. The largest absolute Gasteiger partial charge is 0.378 e. The van der Waals surface area contributed by atoms with Crippen LogP contribution in [0.3, 0.4) is 0 Å². The lowest BCUT2D eigenvalue weighted by atomic mass is 10.0. The summed E-state index contributed by atoms with van der Waals surface area (Å²) in [6.45, 7) is 2.69. The summed E-state index contributed by atoms with van der Waals surface area (Å²) in [4.78, 5) is 29.5. The Hall–Kier alpha value is -1.66. The molecule has 4 rings (SSSR count). The third-order valence-corrected chi connectivity index (χ3v) is 4.78. The molecule has 1 spiro atoms. The van der Waals surface area contributed by atoms with Crippen molar-refractivity contribution in [3.05, 3.63) is 33.7 Å². The lowest BCUT2D eigenvalue weighted by molar-refractivity contribution is -0.0995. The first-order chi connectivity index (χ1) is 10.7. The summed E-state index contributed by atoms with van der Waals surface area (Å²) in [6, 6.07) is 3.54. The molecule has 1 aromatic rings. The number of ether oxygens (including phenoxy) is 2. The van der Waals surface area contributed by atoms with Crippen molar-refractivity contribution < 1.29 is 14.3 Å². The number of H-pyrrole nitrogens is 1. The Morgan fingerprint density at radius 2 is 2.18 bits per heavy atom. The molecule has 1 aromatic heterocycles. The molecule has 6 heteroatoms. The van der Waals surface area contributed by atoms with E-state index in [1.165, 1.54) is 0 Å². The van der Waals surface area contributed by atoms with Gasteiger partial charge >= 0.3 is 0 Å². The van der Waals surface area contributed by atoms with Crippen LogP contribution in [0.1, 0.15) is 41.2 Å². The van der Waals surface area contributed by atoms with Gasteiger partial charge in [-0.25, -0.2) is 0 Å². The van der Waals surface area contributed by atoms with E-state index >= 15 is 0 Å². The number of amides is 1. The first-order valence-electron chi connectivity index (χ1n) is 7.91. The van der Waals surface area contributed by atoms with Crippen LogP contribution in [0.4, 0.5) is 0 Å². The molecular weight excluding hydrogens is 284 g/mol. The van der Waals surface area contributed by atoms with Gasteiger partial charge in [0.2, 0.25) is 0 Å². The van der Waals surface area contributed by atoms with Crippen molar-refractivity contribution in [3.63, 3.8) is 0 Å². The molecule has 2 aliphatic heterocycles. The molecule has 1 amide bonds. The first kappa shape index (κ1) is 14.0. The maximum absolute atomic E-state index is 12.7. The minimum Gasteiger partial charge on any atom is -0.378 e. The number of carbonyl (C=O) groups is 1. The zero-order chi connectivity index (χ0) is 15.2. The Balaban J connectivity index is 1.54. The maximum Gasteiger partial charge on any atom is 0.261 e. The van der Waals surface area contributed by atoms with Crippen LogP contribution in [0.5, 0.6) is 0 Å². The summed E-state index contributed by atoms with van der Waals surface area (Å²) >= 11 is 0. The summed E-state index contributed by atoms with van der Waals surface area (Å²) in [5.74, 6) is 0.261. The number of hydrogen-bond acceptors (Lipinski definition) is 4. The quantitative estimate of drug-likeness (QED) is 0.880. The molecule has 2 saturated heterocycles. The first-order valence-corrected chi connectivity index (χ1v) is 7.91. The molecular formula is C16H20N2O4. The van der Waals surface area contributed by atoms with Gasteiger partial charge in [0.15, 0.2) is 0 Å². The molecule has 1 aliphatic carbocycles. The molecule has 118 valence electrons. The number of aromatic amines is 1. The Kier molecular flexibility index (Phi) is 3.31. The van der Waals surface area contributed by atoms with Crippen molar-refractivity contribution in [1.82, 2.24) is 9.88 Å². The Morgan fingerprint density at radius 3 is 2.86 bits per heavy atom. The molecule has 1 saturated carbocycles. The summed E-state index contributed by atoms with van der Waals surface area (Å²) in [5.41, 5.74) is 0.511. The predicted molar refractivity (Wildman–Crippen MR) is 79.1 cm³/mol. The Labute approximate surface area is 128 Å². The van der Waals surface area contributed by atoms with Crippen molar-refractivity contribution >= 4 is 5.91 Å². The number of pyridine rings is 1. The van der Waals surface area contributed by atoms with Crippen molar-refractivity contribution in [3.8, 4) is 0 Å². The van der Waals surface area contributed by atoms with E-state index in [0.717, 1.165) is 25.0 Å². The van der Waals surface area contributed by atoms with Crippen LogP contribution in [0.25, 0.3) is 0 Å². The molecule has 0 radical (unpaired) electrons. The van der Waals surface area contributed by atoms with Gasteiger partial charge in [0.25, 0.3) is 11.5 Å². The molecule has 0 aromatic carbocycles. The van der Waals surface area contributed by atoms with E-state index in [1.54, 1.807) is 11.0 Å². The van der Waals surface area contributed by atoms with Crippen LogP contribution in [-0.4, -0.2) is 54.3 Å². The second kappa shape index (κ2) is 5.21. The summed E-state index contributed by atoms with van der Waals surface area (Å²) < 4.78 is 11.2. The Bertz CT molecular complexity index is 644. The third-order valence-electron chi connectivity index (χ3n) is 4.78. The van der Waals surface area contributed by atoms with E-state index in [-0.39, 0.29) is 22.6 Å². The van der Waals surface area contributed by atoms with Crippen LogP contribution < -0.4 is 5.56 Å². The molecule has 3 fully saturated rings. The van der Waals surface area contributed by atoms with Gasteiger partial charge < -0.3 is 19.4 Å². The molecule has 3 heterocycles. The van der Waals surface area contributed by atoms with Crippen LogP contribution in [-0.2, 0) is 9.47 Å². The lowest BCUT2D eigenvalue weighted by Crippen LogP contribution is -2.54. The molecule has 6 nitrogen and oxygen atoms in total. The number of nitrogens with zero attached hydrogens (tertiary/aromatic N) is 1. The van der Waals surface area contributed by atoms with Crippen molar-refractivity contribution in [1.29, 1.82) is 0 Å². The number of hydrogen-bond donors (Lipinski definition) is 1. The van der Waals surface area contributed by atoms with Gasteiger partial charge in [-0.15, -0.1) is 0 Å². The van der Waals surface area contributed by atoms with E-state index in [9.17, 15) is 9.59 Å². The highest BCUT2D eigenvalue weighted by Gasteiger charge is 2.42. The van der Waals surface area contributed by atoms with Crippen molar-refractivity contribution in [2.45, 2.75) is 30.8 Å². The summed E-state index contributed by atoms with van der Waals surface area (Å²) in [7, 11) is 0. The van der Waals surface area contributed by atoms with Crippen LogP contribution >= 0.6 is 0 Å². The standard InChI is InChI=1S/C16H20N2O4/c19-14-12(3-4-13(17-14)11-1-2-11)15(20)18-6-8-22-16(9-18)5-7-21-10-16/h3-4,11H,1-2,5-10H2,(H,17,19). The molecule has 1 atom stereocenters. The number of rotatable bonds is 2. The van der Waals surface area contributed by atoms with Gasteiger partial charge in [0.05, 0.1) is 19.8 Å². The highest BCUT2D eigenvalue weighted by atomic mass is 16.6. The van der Waals surface area contributed by atoms with E-state index < -0.39 is 0 Å². The fourth-order valence-corrected chi connectivity index (χ4v) is 3.31. The fraction of sp³-hybridized carbons (Fsp3) is 0.625. The summed E-state index contributed by atoms with van der Waals surface area (Å²) in [6.07, 6.45) is 3.04. The van der Waals surface area contributed by atoms with Crippen LogP contribution in [0.2, 0.25) is 0 Å². The smallest absolute Gasteiger partial charge is 0.261 e. The van der Waals surface area contributed by atoms with Crippen LogP contribution in [0, 0.1) is 0 Å². The minimum absolute atomic E-state index is 0.210. The van der Waals surface area contributed by atoms with Gasteiger partial charge in [0, 0.05) is 25.3 Å². The second-order valence-electron chi connectivity index (χ2n) is 6.49. The normalized spacial score (nSPS) is 28.3. The zero-order valence-electron chi connectivity index (χ0n) is 12.5. The van der Waals surface area contributed by atoms with E-state index in [0.29, 0.717) is 38.8 Å². The highest BCUT2D eigenvalue weighted by Crippen LogP contribution is 2.38. The number of morpholine rings is 1. The van der Waals surface area contributed by atoms with E-state index in [4.69, 9.17) is 9.47 Å². The van der Waals surface area contributed by atoms with E-state index in [1.807, 2.05) is 6.07 Å². The number of aromatic nitrogens is 1. The SMILES string of the molecule is O=C(c1ccc(C2CC2)[nH]c1=O)N1CCOC2(CCOC2)C1. The molecule has 3 aliphatic rings. The average Bonchev–Trinajstić information content (AvgIpc) is 3.29. The lowest BCUT2D eigenvalue weighted by Gasteiger charge is -2.39. The van der Waals surface area contributed by atoms with Gasteiger partial charge in [-0.3, -0.25) is 9.59 Å². The van der Waals surface area contributed by atoms with Crippen molar-refractivity contribution in [2.24, 2.45) is 0 Å². The predicted octanol–water partition coefficient (Wildman–Crippen LogP) is 0.884. The van der Waals surface area contributed by atoms with Crippen molar-refractivity contribution in [2.75, 3.05) is 32.9 Å². The van der Waals surface area contributed by atoms with Gasteiger partial charge in [-0.1, -0.05) is 0 Å². The average molecular weight is 304 g/mol. The second-order valence-corrected chi connectivity index (χ2v) is 6.49. The van der Waals surface area contributed by atoms with E-state index in [2.05, 4.69) is 4.98 Å². The molecule has 1 unspecified atom stereocenters. The monoisotopic (exact) mass is 304 g/mol. The summed E-state index contributed by atoms with van der Waals surface area (Å²) in [5, 5.41) is 0. The maximum atomic E-state index is 12.7. The number of carbonyl (C=O) groups excluding carboxylic acids is 1. The number of nitrogens with one attached hydrogen (secondary N) is 1. The van der Waals surface area contributed by atoms with Crippen LogP contribution in [0.15, 0.2) is 16.9 Å².